The maximum absolute atomic E-state index is 12.3. The standard InChI is InChI=1S/C13H17NO3S2/c1-7(2)10(13(16)17)14-12(15)11-8-3-5-18-9(8)4-6-19-11/h3,5,7,10-11H,4,6H2,1-2H3,(H,14,15)(H,16,17)/t10-,11?/m0/s1. The highest BCUT2D eigenvalue weighted by atomic mass is 32.2. The second kappa shape index (κ2) is 5.96. The van der Waals surface area contributed by atoms with Crippen molar-refractivity contribution in [1.82, 2.24) is 5.32 Å². The van der Waals surface area contributed by atoms with Crippen LogP contribution in [0.1, 0.15) is 29.5 Å². The summed E-state index contributed by atoms with van der Waals surface area (Å²) in [4.78, 5) is 24.7. The summed E-state index contributed by atoms with van der Waals surface area (Å²) in [6, 6.07) is 1.15. The van der Waals surface area contributed by atoms with Gasteiger partial charge in [0.2, 0.25) is 5.91 Å². The molecule has 2 heterocycles. The molecule has 0 spiro atoms. The van der Waals surface area contributed by atoms with Crippen LogP contribution in [0.5, 0.6) is 0 Å². The Bertz CT molecular complexity index is 484. The summed E-state index contributed by atoms with van der Waals surface area (Å²) in [6.45, 7) is 3.59. The first-order chi connectivity index (χ1) is 9.00. The molecule has 1 aliphatic rings. The highest BCUT2D eigenvalue weighted by Crippen LogP contribution is 2.39. The quantitative estimate of drug-likeness (QED) is 0.895. The van der Waals surface area contributed by atoms with Crippen LogP contribution in [0.4, 0.5) is 0 Å². The van der Waals surface area contributed by atoms with Crippen molar-refractivity contribution in [2.75, 3.05) is 5.75 Å². The Hall–Kier alpha value is -1.01. The first-order valence-electron chi connectivity index (χ1n) is 6.21. The van der Waals surface area contributed by atoms with E-state index in [0.29, 0.717) is 0 Å². The van der Waals surface area contributed by atoms with Gasteiger partial charge in [0.1, 0.15) is 11.3 Å². The number of nitrogens with one attached hydrogen (secondary N) is 1. The van der Waals surface area contributed by atoms with Crippen molar-refractivity contribution in [3.8, 4) is 0 Å². The molecule has 0 aromatic carbocycles. The minimum absolute atomic E-state index is 0.128. The minimum atomic E-state index is -0.977. The lowest BCUT2D eigenvalue weighted by Crippen LogP contribution is -2.46. The van der Waals surface area contributed by atoms with Crippen LogP contribution in [0, 0.1) is 5.92 Å². The number of rotatable bonds is 4. The van der Waals surface area contributed by atoms with Crippen molar-refractivity contribution in [3.05, 3.63) is 21.9 Å². The predicted octanol–water partition coefficient (Wildman–Crippen LogP) is 2.30. The molecular formula is C13H17NO3S2. The molecular weight excluding hydrogens is 282 g/mol. The van der Waals surface area contributed by atoms with Crippen LogP contribution < -0.4 is 5.32 Å². The van der Waals surface area contributed by atoms with Gasteiger partial charge in [-0.1, -0.05) is 13.8 Å². The van der Waals surface area contributed by atoms with Gasteiger partial charge < -0.3 is 10.4 Å². The number of fused-ring (bicyclic) bond motifs is 1. The van der Waals surface area contributed by atoms with Crippen molar-refractivity contribution >= 4 is 35.0 Å². The van der Waals surface area contributed by atoms with Gasteiger partial charge in [-0.2, -0.15) is 0 Å². The first-order valence-corrected chi connectivity index (χ1v) is 8.14. The molecule has 104 valence electrons. The van der Waals surface area contributed by atoms with Gasteiger partial charge in [0.25, 0.3) is 0 Å². The van der Waals surface area contributed by atoms with Gasteiger partial charge in [-0.15, -0.1) is 23.1 Å². The van der Waals surface area contributed by atoms with Crippen molar-refractivity contribution in [2.24, 2.45) is 5.92 Å². The van der Waals surface area contributed by atoms with E-state index in [1.54, 1.807) is 36.9 Å². The smallest absolute Gasteiger partial charge is 0.326 e. The summed E-state index contributed by atoms with van der Waals surface area (Å²) in [5.41, 5.74) is 1.05. The van der Waals surface area contributed by atoms with E-state index in [1.165, 1.54) is 4.88 Å². The van der Waals surface area contributed by atoms with E-state index in [9.17, 15) is 9.59 Å². The number of hydrogen-bond donors (Lipinski definition) is 2. The van der Waals surface area contributed by atoms with E-state index in [4.69, 9.17) is 5.11 Å². The van der Waals surface area contributed by atoms with Crippen molar-refractivity contribution in [2.45, 2.75) is 31.6 Å². The molecule has 6 heteroatoms. The molecule has 1 amide bonds. The monoisotopic (exact) mass is 299 g/mol. The van der Waals surface area contributed by atoms with E-state index in [2.05, 4.69) is 5.32 Å². The largest absolute Gasteiger partial charge is 0.480 e. The molecule has 1 unspecified atom stereocenters. The van der Waals surface area contributed by atoms with Crippen LogP contribution >= 0.6 is 23.1 Å². The third-order valence-corrected chi connectivity index (χ3v) is 5.38. The van der Waals surface area contributed by atoms with Crippen LogP contribution in [0.2, 0.25) is 0 Å². The van der Waals surface area contributed by atoms with E-state index < -0.39 is 12.0 Å². The maximum atomic E-state index is 12.3. The summed E-state index contributed by atoms with van der Waals surface area (Å²) >= 11 is 3.25. The topological polar surface area (TPSA) is 66.4 Å². The molecule has 0 saturated heterocycles. The third kappa shape index (κ3) is 3.12. The van der Waals surface area contributed by atoms with Crippen molar-refractivity contribution in [3.63, 3.8) is 0 Å². The molecule has 1 aromatic heterocycles. The van der Waals surface area contributed by atoms with Gasteiger partial charge in [0, 0.05) is 4.88 Å². The Morgan fingerprint density at radius 2 is 2.21 bits per heavy atom. The molecule has 19 heavy (non-hydrogen) atoms. The summed E-state index contributed by atoms with van der Waals surface area (Å²) < 4.78 is 0. The van der Waals surface area contributed by atoms with Gasteiger partial charge in [0.05, 0.1) is 0 Å². The Kier molecular flexibility index (Phi) is 4.52. The van der Waals surface area contributed by atoms with E-state index >= 15 is 0 Å². The zero-order chi connectivity index (χ0) is 14.0. The lowest BCUT2D eigenvalue weighted by molar-refractivity contribution is -0.143. The second-order valence-electron chi connectivity index (χ2n) is 4.87. The SMILES string of the molecule is CC(C)[C@H](NC(=O)C1SCCc2sccc21)C(=O)O. The number of hydrogen-bond acceptors (Lipinski definition) is 4. The zero-order valence-electron chi connectivity index (χ0n) is 10.9. The van der Waals surface area contributed by atoms with Crippen LogP contribution in [0.3, 0.4) is 0 Å². The van der Waals surface area contributed by atoms with Crippen LogP contribution in [-0.4, -0.2) is 28.8 Å². The van der Waals surface area contributed by atoms with Gasteiger partial charge in [0.15, 0.2) is 0 Å². The molecule has 0 aliphatic carbocycles. The maximum Gasteiger partial charge on any atom is 0.326 e. The van der Waals surface area contributed by atoms with Gasteiger partial charge in [-0.05, 0) is 35.1 Å². The highest BCUT2D eigenvalue weighted by molar-refractivity contribution is 8.00. The molecule has 2 rings (SSSR count). The summed E-state index contributed by atoms with van der Waals surface area (Å²) in [6.07, 6.45) is 0.994. The average Bonchev–Trinajstić information content (AvgIpc) is 2.82. The summed E-state index contributed by atoms with van der Waals surface area (Å²) in [7, 11) is 0. The fourth-order valence-corrected chi connectivity index (χ4v) is 4.41. The summed E-state index contributed by atoms with van der Waals surface area (Å²) in [5, 5.41) is 13.5. The fourth-order valence-electron chi connectivity index (χ4n) is 2.11. The Balaban J connectivity index is 2.11. The van der Waals surface area contributed by atoms with E-state index in [0.717, 1.165) is 17.7 Å². The van der Waals surface area contributed by atoms with E-state index in [1.807, 2.05) is 11.4 Å². The number of carboxylic acids is 1. The number of aliphatic carboxylic acids is 1. The highest BCUT2D eigenvalue weighted by Gasteiger charge is 2.31. The molecule has 0 fully saturated rings. The van der Waals surface area contributed by atoms with Gasteiger partial charge in [-0.3, -0.25) is 4.79 Å². The number of carboxylic acid groups (broad SMARTS) is 1. The number of aryl methyl sites for hydroxylation is 1. The molecule has 4 nitrogen and oxygen atoms in total. The first kappa shape index (κ1) is 14.4. The Labute approximate surface area is 120 Å². The number of thioether (sulfide) groups is 1. The predicted molar refractivity (Wildman–Crippen MR) is 77.6 cm³/mol. The molecule has 1 aromatic rings. The van der Waals surface area contributed by atoms with Crippen molar-refractivity contribution in [1.29, 1.82) is 0 Å². The lowest BCUT2D eigenvalue weighted by atomic mass is 10.0. The average molecular weight is 299 g/mol. The molecule has 0 radical (unpaired) electrons. The zero-order valence-corrected chi connectivity index (χ0v) is 12.5. The molecule has 0 bridgehead atoms. The number of thiophene rings is 1. The third-order valence-electron chi connectivity index (χ3n) is 3.14. The van der Waals surface area contributed by atoms with Gasteiger partial charge >= 0.3 is 5.97 Å². The molecule has 2 atom stereocenters. The number of carbonyl (C=O) groups is 2. The molecule has 1 aliphatic heterocycles. The minimum Gasteiger partial charge on any atom is -0.480 e. The normalized spacial score (nSPS) is 19.8. The number of carbonyl (C=O) groups excluding carboxylic acids is 1. The van der Waals surface area contributed by atoms with Crippen LogP contribution in [0.25, 0.3) is 0 Å². The number of amides is 1. The lowest BCUT2D eigenvalue weighted by Gasteiger charge is -2.25. The Morgan fingerprint density at radius 1 is 1.47 bits per heavy atom. The molecule has 0 saturated carbocycles. The van der Waals surface area contributed by atoms with Crippen LogP contribution in [-0.2, 0) is 16.0 Å². The second-order valence-corrected chi connectivity index (χ2v) is 7.08. The van der Waals surface area contributed by atoms with E-state index in [-0.39, 0.29) is 17.1 Å². The van der Waals surface area contributed by atoms with Crippen molar-refractivity contribution < 1.29 is 14.7 Å². The van der Waals surface area contributed by atoms with Crippen LogP contribution in [0.15, 0.2) is 11.4 Å². The fraction of sp³-hybridized carbons (Fsp3) is 0.538. The Morgan fingerprint density at radius 3 is 2.84 bits per heavy atom. The summed E-state index contributed by atoms with van der Waals surface area (Å²) in [5.74, 6) is -0.387. The van der Waals surface area contributed by atoms with Gasteiger partial charge in [-0.25, -0.2) is 4.79 Å². The molecule has 2 N–H and O–H groups in total.